The molecule has 4 nitrogen and oxygen atoms in total. The number of nitrogens with two attached hydrogens (primary N) is 1. The van der Waals surface area contributed by atoms with Gasteiger partial charge in [-0.2, -0.15) is 4.98 Å². The Kier molecular flexibility index (Phi) is 4.06. The molecule has 1 aromatic carbocycles. The minimum Gasteiger partial charge on any atom is -0.338 e. The minimum atomic E-state index is -0.119. The van der Waals surface area contributed by atoms with Gasteiger partial charge in [-0.05, 0) is 25.8 Å². The van der Waals surface area contributed by atoms with E-state index in [0.717, 1.165) is 24.3 Å². The maximum atomic E-state index is 6.08. The van der Waals surface area contributed by atoms with Crippen molar-refractivity contribution in [1.29, 1.82) is 0 Å². The number of hydrogen-bond donors (Lipinski definition) is 1. The fraction of sp³-hybridized carbons (Fsp3) is 0.529. The van der Waals surface area contributed by atoms with E-state index < -0.39 is 0 Å². The zero-order valence-corrected chi connectivity index (χ0v) is 12.6. The summed E-state index contributed by atoms with van der Waals surface area (Å²) in [5.74, 6) is 1.40. The molecule has 0 bridgehead atoms. The Morgan fingerprint density at radius 3 is 2.62 bits per heavy atom. The summed E-state index contributed by atoms with van der Waals surface area (Å²) in [5.41, 5.74) is 8.17. The van der Waals surface area contributed by atoms with Crippen LogP contribution in [-0.4, -0.2) is 16.7 Å². The van der Waals surface area contributed by atoms with Crippen LogP contribution >= 0.6 is 0 Å². The molecule has 1 aliphatic carbocycles. The van der Waals surface area contributed by atoms with Gasteiger partial charge in [-0.25, -0.2) is 0 Å². The summed E-state index contributed by atoms with van der Waals surface area (Å²) in [6.45, 7) is 2.65. The van der Waals surface area contributed by atoms with Gasteiger partial charge in [0.25, 0.3) is 0 Å². The topological polar surface area (TPSA) is 64.9 Å². The molecule has 3 rings (SSSR count). The summed E-state index contributed by atoms with van der Waals surface area (Å²) < 4.78 is 5.61. The third kappa shape index (κ3) is 2.86. The monoisotopic (exact) mass is 285 g/mol. The van der Waals surface area contributed by atoms with Crippen molar-refractivity contribution in [3.63, 3.8) is 0 Å². The molecule has 0 saturated heterocycles. The number of nitrogens with zero attached hydrogens (tertiary/aromatic N) is 2. The molecule has 1 saturated carbocycles. The maximum absolute atomic E-state index is 6.08. The van der Waals surface area contributed by atoms with Crippen molar-refractivity contribution >= 4 is 0 Å². The molecule has 1 aromatic heterocycles. The number of benzene rings is 1. The molecule has 2 N–H and O–H groups in total. The highest BCUT2D eigenvalue weighted by atomic mass is 16.5. The van der Waals surface area contributed by atoms with E-state index in [2.05, 4.69) is 29.2 Å². The molecular weight excluding hydrogens is 262 g/mol. The van der Waals surface area contributed by atoms with Gasteiger partial charge >= 0.3 is 0 Å². The molecule has 0 amide bonds. The predicted molar refractivity (Wildman–Crippen MR) is 82.9 cm³/mol. The third-order valence-corrected chi connectivity index (χ3v) is 4.61. The van der Waals surface area contributed by atoms with Crippen LogP contribution in [0.25, 0.3) is 11.4 Å². The van der Waals surface area contributed by atoms with E-state index >= 15 is 0 Å². The molecule has 0 atom stereocenters. The second kappa shape index (κ2) is 5.98. The Balaban J connectivity index is 1.92. The zero-order chi connectivity index (χ0) is 14.7. The SMILES string of the molecule is Cc1cccc(-c2noc(C3(CN)CCCCCC3)n2)c1. The smallest absolute Gasteiger partial charge is 0.234 e. The average molecular weight is 285 g/mol. The fourth-order valence-corrected chi connectivity index (χ4v) is 3.25. The van der Waals surface area contributed by atoms with Crippen LogP contribution < -0.4 is 5.73 Å². The first-order valence-electron chi connectivity index (χ1n) is 7.85. The van der Waals surface area contributed by atoms with Gasteiger partial charge in [-0.15, -0.1) is 0 Å². The van der Waals surface area contributed by atoms with E-state index in [4.69, 9.17) is 10.3 Å². The molecule has 0 radical (unpaired) electrons. The van der Waals surface area contributed by atoms with Crippen LogP contribution in [0.3, 0.4) is 0 Å². The van der Waals surface area contributed by atoms with Gasteiger partial charge in [-0.1, -0.05) is 54.6 Å². The van der Waals surface area contributed by atoms with Crippen molar-refractivity contribution < 1.29 is 4.52 Å². The lowest BCUT2D eigenvalue weighted by Crippen LogP contribution is -2.35. The van der Waals surface area contributed by atoms with Crippen LogP contribution in [0.4, 0.5) is 0 Å². The van der Waals surface area contributed by atoms with Crippen molar-refractivity contribution in [1.82, 2.24) is 10.1 Å². The van der Waals surface area contributed by atoms with E-state index in [0.29, 0.717) is 12.4 Å². The van der Waals surface area contributed by atoms with Gasteiger partial charge in [-0.3, -0.25) is 0 Å². The van der Waals surface area contributed by atoms with Crippen molar-refractivity contribution in [2.45, 2.75) is 50.9 Å². The second-order valence-corrected chi connectivity index (χ2v) is 6.19. The first kappa shape index (κ1) is 14.3. The second-order valence-electron chi connectivity index (χ2n) is 6.19. The van der Waals surface area contributed by atoms with E-state index in [1.807, 2.05) is 12.1 Å². The third-order valence-electron chi connectivity index (χ3n) is 4.61. The zero-order valence-electron chi connectivity index (χ0n) is 12.6. The Labute approximate surface area is 125 Å². The van der Waals surface area contributed by atoms with Gasteiger partial charge in [0.05, 0.1) is 5.41 Å². The summed E-state index contributed by atoms with van der Waals surface area (Å²) in [4.78, 5) is 4.67. The molecule has 2 aromatic rings. The van der Waals surface area contributed by atoms with Crippen LogP contribution in [0, 0.1) is 6.92 Å². The first-order chi connectivity index (χ1) is 10.2. The van der Waals surface area contributed by atoms with Gasteiger partial charge < -0.3 is 10.3 Å². The maximum Gasteiger partial charge on any atom is 0.234 e. The van der Waals surface area contributed by atoms with E-state index in [1.54, 1.807) is 0 Å². The highest BCUT2D eigenvalue weighted by molar-refractivity contribution is 5.55. The largest absolute Gasteiger partial charge is 0.338 e. The van der Waals surface area contributed by atoms with Gasteiger partial charge in [0.2, 0.25) is 11.7 Å². The van der Waals surface area contributed by atoms with Gasteiger partial charge in [0, 0.05) is 12.1 Å². The van der Waals surface area contributed by atoms with Crippen molar-refractivity contribution in [3.05, 3.63) is 35.7 Å². The normalized spacial score (nSPS) is 18.4. The standard InChI is InChI=1S/C17H23N3O/c1-13-7-6-8-14(11-13)15-19-16(21-20-15)17(12-18)9-4-2-3-5-10-17/h6-8,11H,2-5,9-10,12,18H2,1H3. The van der Waals surface area contributed by atoms with Crippen LogP contribution in [0.2, 0.25) is 0 Å². The van der Waals surface area contributed by atoms with Crippen LogP contribution in [0.5, 0.6) is 0 Å². The summed E-state index contributed by atoms with van der Waals surface area (Å²) in [7, 11) is 0. The number of aromatic nitrogens is 2. The Bertz CT molecular complexity index is 598. The summed E-state index contributed by atoms with van der Waals surface area (Å²) in [5, 5.41) is 4.18. The summed E-state index contributed by atoms with van der Waals surface area (Å²) in [6, 6.07) is 8.18. The lowest BCUT2D eigenvalue weighted by Gasteiger charge is -2.26. The number of aryl methyl sites for hydroxylation is 1. The van der Waals surface area contributed by atoms with E-state index in [-0.39, 0.29) is 5.41 Å². The van der Waals surface area contributed by atoms with Gasteiger partial charge in [0.1, 0.15) is 0 Å². The summed E-state index contributed by atoms with van der Waals surface area (Å²) >= 11 is 0. The van der Waals surface area contributed by atoms with Crippen LogP contribution in [0.1, 0.15) is 50.0 Å². The molecule has 1 fully saturated rings. The molecule has 112 valence electrons. The number of hydrogen-bond acceptors (Lipinski definition) is 4. The van der Waals surface area contributed by atoms with Crippen molar-refractivity contribution in [2.75, 3.05) is 6.54 Å². The molecular formula is C17H23N3O. The lowest BCUT2D eigenvalue weighted by molar-refractivity contribution is 0.257. The minimum absolute atomic E-state index is 0.119. The predicted octanol–water partition coefficient (Wildman–Crippen LogP) is 3.60. The molecule has 21 heavy (non-hydrogen) atoms. The Morgan fingerprint density at radius 1 is 1.19 bits per heavy atom. The van der Waals surface area contributed by atoms with Crippen LogP contribution in [-0.2, 0) is 5.41 Å². The fourth-order valence-electron chi connectivity index (χ4n) is 3.25. The molecule has 1 heterocycles. The Morgan fingerprint density at radius 2 is 1.95 bits per heavy atom. The summed E-state index contributed by atoms with van der Waals surface area (Å²) in [6.07, 6.45) is 7.05. The molecule has 1 aliphatic rings. The van der Waals surface area contributed by atoms with Gasteiger partial charge in [0.15, 0.2) is 0 Å². The first-order valence-corrected chi connectivity index (χ1v) is 7.85. The van der Waals surface area contributed by atoms with Crippen LogP contribution in [0.15, 0.2) is 28.8 Å². The number of rotatable bonds is 3. The lowest BCUT2D eigenvalue weighted by atomic mass is 9.80. The molecule has 0 unspecified atom stereocenters. The van der Waals surface area contributed by atoms with Crippen molar-refractivity contribution in [3.8, 4) is 11.4 Å². The molecule has 0 aliphatic heterocycles. The highest BCUT2D eigenvalue weighted by Gasteiger charge is 2.37. The quantitative estimate of drug-likeness (QED) is 0.875. The van der Waals surface area contributed by atoms with E-state index in [9.17, 15) is 0 Å². The van der Waals surface area contributed by atoms with Crippen molar-refractivity contribution in [2.24, 2.45) is 5.73 Å². The molecule has 4 heteroatoms. The molecule has 0 spiro atoms. The van der Waals surface area contributed by atoms with E-state index in [1.165, 1.54) is 31.2 Å². The highest BCUT2D eigenvalue weighted by Crippen LogP contribution is 2.37. The Hall–Kier alpha value is -1.68. The average Bonchev–Trinajstić information content (AvgIpc) is 2.87.